The van der Waals surface area contributed by atoms with Crippen LogP contribution in [-0.2, 0) is 57.1 Å². The van der Waals surface area contributed by atoms with Gasteiger partial charge >= 0.3 is 23.9 Å². The highest BCUT2D eigenvalue weighted by atomic mass is 16.8. The molecule has 0 saturated carbocycles. The van der Waals surface area contributed by atoms with Gasteiger partial charge in [0.2, 0.25) is 23.1 Å². The van der Waals surface area contributed by atoms with Crippen molar-refractivity contribution in [3.05, 3.63) is 25.7 Å². The van der Waals surface area contributed by atoms with Gasteiger partial charge in [-0.2, -0.15) is 0 Å². The summed E-state index contributed by atoms with van der Waals surface area (Å²) in [6.45, 7) is 22.9. The number of rotatable bonds is 22. The zero-order valence-electron chi connectivity index (χ0n) is 27.6. The Morgan fingerprint density at radius 3 is 1.16 bits per heavy atom. The molecule has 248 valence electrons. The third-order valence-electron chi connectivity index (χ3n) is 6.50. The Morgan fingerprint density at radius 2 is 0.930 bits per heavy atom. The number of ether oxygens (including phenoxy) is 8. The summed E-state index contributed by atoms with van der Waals surface area (Å²) in [5.41, 5.74) is 0. The summed E-state index contributed by atoms with van der Waals surface area (Å²) in [6, 6.07) is 0. The maximum atomic E-state index is 13.1. The quantitative estimate of drug-likeness (QED) is 0.0465. The molecule has 0 rings (SSSR count). The predicted molar refractivity (Wildman–Crippen MR) is 157 cm³/mol. The van der Waals surface area contributed by atoms with E-state index in [9.17, 15) is 19.2 Å². The first-order valence-electron chi connectivity index (χ1n) is 14.6. The minimum absolute atomic E-state index is 0.0301. The molecule has 0 N–H and O–H groups in total. The third-order valence-corrected chi connectivity index (χ3v) is 6.50. The number of esters is 4. The summed E-state index contributed by atoms with van der Waals surface area (Å²) >= 11 is 0. The van der Waals surface area contributed by atoms with Gasteiger partial charge in [0.15, 0.2) is 0 Å². The molecule has 0 aliphatic heterocycles. The van der Waals surface area contributed by atoms with Crippen molar-refractivity contribution in [3.63, 3.8) is 0 Å². The van der Waals surface area contributed by atoms with Crippen LogP contribution in [0.4, 0.5) is 0 Å². The second kappa shape index (κ2) is 17.9. The normalized spacial score (nSPS) is 18.1. The van der Waals surface area contributed by atoms with Crippen molar-refractivity contribution < 1.29 is 57.1 Å². The van der Waals surface area contributed by atoms with Crippen LogP contribution >= 0.6 is 0 Å². The van der Waals surface area contributed by atoms with Gasteiger partial charge < -0.3 is 28.4 Å². The van der Waals surface area contributed by atoms with Crippen molar-refractivity contribution in [3.8, 4) is 0 Å². The van der Waals surface area contributed by atoms with Crippen LogP contribution in [0, 0.1) is 0 Å². The fraction of sp³-hybridized carbons (Fsp3) is 0.742. The summed E-state index contributed by atoms with van der Waals surface area (Å²) in [6.07, 6.45) is 2.33. The van der Waals surface area contributed by atoms with Gasteiger partial charge in [-0.1, -0.05) is 40.9 Å². The summed E-state index contributed by atoms with van der Waals surface area (Å²) < 4.78 is 45.3. The lowest BCUT2D eigenvalue weighted by molar-refractivity contribution is -0.334. The molecule has 0 aliphatic rings. The van der Waals surface area contributed by atoms with Crippen LogP contribution in [0.5, 0.6) is 0 Å². The Hall–Kier alpha value is -3.12. The van der Waals surface area contributed by atoms with E-state index in [0.29, 0.717) is 12.8 Å². The zero-order chi connectivity index (χ0) is 33.5. The molecule has 12 nitrogen and oxygen atoms in total. The largest absolute Gasteiger partial charge is 0.498 e. The van der Waals surface area contributed by atoms with E-state index in [1.165, 1.54) is 54.1 Å². The Kier molecular flexibility index (Phi) is 16.6. The Morgan fingerprint density at radius 1 is 0.605 bits per heavy atom. The molecule has 6 atom stereocenters. The van der Waals surface area contributed by atoms with Crippen molar-refractivity contribution in [2.45, 2.75) is 150 Å². The van der Waals surface area contributed by atoms with Crippen LogP contribution in [0.15, 0.2) is 25.7 Å². The Balaban J connectivity index is 6.11. The van der Waals surface area contributed by atoms with E-state index in [4.69, 9.17) is 37.9 Å². The van der Waals surface area contributed by atoms with Crippen molar-refractivity contribution >= 4 is 23.9 Å². The van der Waals surface area contributed by atoms with E-state index in [1.54, 1.807) is 13.8 Å². The first-order chi connectivity index (χ1) is 19.8. The topological polar surface area (TPSA) is 142 Å². The van der Waals surface area contributed by atoms with Gasteiger partial charge in [0, 0.05) is 67.2 Å². The van der Waals surface area contributed by atoms with Gasteiger partial charge in [0.1, 0.15) is 18.6 Å². The van der Waals surface area contributed by atoms with Crippen LogP contribution in [0.1, 0.15) is 114 Å². The van der Waals surface area contributed by atoms with Crippen LogP contribution in [0.3, 0.4) is 0 Å². The summed E-state index contributed by atoms with van der Waals surface area (Å²) in [7, 11) is 0. The van der Waals surface area contributed by atoms with Crippen LogP contribution in [0.2, 0.25) is 0 Å². The van der Waals surface area contributed by atoms with Gasteiger partial charge in [-0.15, -0.1) is 0 Å². The van der Waals surface area contributed by atoms with Crippen molar-refractivity contribution in [1.82, 2.24) is 0 Å². The van der Waals surface area contributed by atoms with Gasteiger partial charge in [0.25, 0.3) is 0 Å². The van der Waals surface area contributed by atoms with Crippen LogP contribution in [0.25, 0.3) is 0 Å². The number of carbonyl (C=O) groups excluding carboxylic acids is 4. The van der Waals surface area contributed by atoms with E-state index >= 15 is 0 Å². The maximum Gasteiger partial charge on any atom is 0.319 e. The molecule has 0 heterocycles. The van der Waals surface area contributed by atoms with E-state index < -0.39 is 65.7 Å². The predicted octanol–water partition coefficient (Wildman–Crippen LogP) is 5.96. The summed E-state index contributed by atoms with van der Waals surface area (Å²) in [5, 5.41) is 0. The number of hydrogen-bond acceptors (Lipinski definition) is 12. The summed E-state index contributed by atoms with van der Waals surface area (Å²) in [4.78, 5) is 49.7. The smallest absolute Gasteiger partial charge is 0.319 e. The van der Waals surface area contributed by atoms with E-state index in [1.807, 2.05) is 13.8 Å². The molecule has 12 heteroatoms. The van der Waals surface area contributed by atoms with E-state index in [0.717, 1.165) is 0 Å². The van der Waals surface area contributed by atoms with Crippen LogP contribution in [-0.4, -0.2) is 59.2 Å². The minimum atomic E-state index is -1.68. The van der Waals surface area contributed by atoms with E-state index in [-0.39, 0.29) is 25.7 Å². The molecular weight excluding hydrogens is 564 g/mol. The fourth-order valence-electron chi connectivity index (χ4n) is 4.41. The second-order valence-electron chi connectivity index (χ2n) is 10.8. The SMILES string of the molecule is C=COC(CC)CC(C)(OC(=O)CC(=O)OC(C)(CC(CC)OC=C)OC(C)(CC)OC(C)=O)OC(C)(CC)OC(C)=O. The molecule has 43 heavy (non-hydrogen) atoms. The molecule has 0 radical (unpaired) electrons. The Labute approximate surface area is 256 Å². The van der Waals surface area contributed by atoms with Gasteiger partial charge in [0.05, 0.1) is 12.5 Å². The average molecular weight is 617 g/mol. The average Bonchev–Trinajstić information content (AvgIpc) is 2.86. The lowest BCUT2D eigenvalue weighted by Gasteiger charge is -2.40. The first-order valence-corrected chi connectivity index (χ1v) is 14.6. The van der Waals surface area contributed by atoms with Gasteiger partial charge in [-0.3, -0.25) is 28.7 Å². The lowest BCUT2D eigenvalue weighted by atomic mass is 10.1. The van der Waals surface area contributed by atoms with Crippen LogP contribution < -0.4 is 0 Å². The van der Waals surface area contributed by atoms with Crippen molar-refractivity contribution in [1.29, 1.82) is 0 Å². The van der Waals surface area contributed by atoms with Gasteiger partial charge in [-0.25, -0.2) is 0 Å². The highest BCUT2D eigenvalue weighted by molar-refractivity contribution is 5.91. The molecule has 0 spiro atoms. The molecule has 0 bridgehead atoms. The fourth-order valence-corrected chi connectivity index (χ4v) is 4.41. The molecule has 0 aromatic carbocycles. The molecule has 6 unspecified atom stereocenters. The maximum absolute atomic E-state index is 13.1. The molecule has 0 amide bonds. The van der Waals surface area contributed by atoms with Crippen molar-refractivity contribution in [2.24, 2.45) is 0 Å². The molecular formula is C31H52O12. The highest BCUT2D eigenvalue weighted by Gasteiger charge is 2.44. The first kappa shape index (κ1) is 39.9. The third kappa shape index (κ3) is 15.3. The minimum Gasteiger partial charge on any atom is -0.498 e. The number of carbonyl (C=O) groups is 4. The number of hydrogen-bond donors (Lipinski definition) is 0. The van der Waals surface area contributed by atoms with E-state index in [2.05, 4.69) is 13.2 Å². The summed E-state index contributed by atoms with van der Waals surface area (Å²) in [5.74, 6) is -9.37. The van der Waals surface area contributed by atoms with Crippen molar-refractivity contribution in [2.75, 3.05) is 0 Å². The highest BCUT2D eigenvalue weighted by Crippen LogP contribution is 2.34. The zero-order valence-corrected chi connectivity index (χ0v) is 27.6. The molecule has 0 aromatic heterocycles. The lowest BCUT2D eigenvalue weighted by Crippen LogP contribution is -2.49. The molecule has 0 aromatic rings. The molecule has 0 aliphatic carbocycles. The monoisotopic (exact) mass is 616 g/mol. The standard InChI is InChI=1S/C31H52O12/c1-13-24(36-17-5)20-30(11,42-28(9,15-3)38-22(7)32)40-26(34)19-27(35)41-31(12,21-25(14-2)37-18-6)43-29(10,16-4)39-23(8)33/h17-18,24-25H,5-6,13-16,19-21H2,1-4,7-12H3. The Bertz CT molecular complexity index is 877. The second-order valence-corrected chi connectivity index (χ2v) is 10.8. The van der Waals surface area contributed by atoms with Gasteiger partial charge in [-0.05, 0) is 12.8 Å². The molecule has 0 saturated heterocycles. The molecule has 0 fully saturated rings.